The molecule has 0 saturated heterocycles. The molecule has 1 aromatic rings. The third-order valence-corrected chi connectivity index (χ3v) is 2.11. The summed E-state index contributed by atoms with van der Waals surface area (Å²) in [4.78, 5) is 0. The Morgan fingerprint density at radius 1 is 1.00 bits per heavy atom. The molecule has 0 fully saturated rings. The Hall–Kier alpha value is -0.820. The van der Waals surface area contributed by atoms with Crippen LogP contribution in [0, 0.1) is 20.8 Å². The molecule has 1 radical (unpaired) electrons. The average molecular weight is 149 g/mol. The smallest absolute Gasteiger partial charge is 0.108 e. The first kappa shape index (κ1) is 8.28. The van der Waals surface area contributed by atoms with Crippen molar-refractivity contribution in [3.05, 3.63) is 34.4 Å². The highest BCUT2D eigenvalue weighted by Gasteiger charge is 1.99. The van der Waals surface area contributed by atoms with Crippen LogP contribution in [0.3, 0.4) is 0 Å². The summed E-state index contributed by atoms with van der Waals surface area (Å²) in [6.07, 6.45) is 0. The van der Waals surface area contributed by atoms with Gasteiger partial charge in [0, 0.05) is 0 Å². The summed E-state index contributed by atoms with van der Waals surface area (Å²) >= 11 is 0. The van der Waals surface area contributed by atoms with Crippen molar-refractivity contribution in [1.82, 2.24) is 0 Å². The highest BCUT2D eigenvalue weighted by Crippen LogP contribution is 2.14. The summed E-state index contributed by atoms with van der Waals surface area (Å²) in [7, 11) is 0. The minimum atomic E-state index is -0.104. The van der Waals surface area contributed by atoms with Crippen molar-refractivity contribution in [3.63, 3.8) is 0 Å². The molecule has 0 amide bonds. The molecule has 11 heavy (non-hydrogen) atoms. The van der Waals surface area contributed by atoms with Crippen molar-refractivity contribution in [1.29, 1.82) is 0 Å². The van der Waals surface area contributed by atoms with Gasteiger partial charge in [0.05, 0.1) is 0 Å². The Morgan fingerprint density at radius 3 is 2.09 bits per heavy atom. The highest BCUT2D eigenvalue weighted by molar-refractivity contribution is 5.35. The topological polar surface area (TPSA) is 19.9 Å². The maximum Gasteiger partial charge on any atom is 0.108 e. The van der Waals surface area contributed by atoms with Crippen LogP contribution in [0.15, 0.2) is 12.1 Å². The van der Waals surface area contributed by atoms with Gasteiger partial charge in [-0.05, 0) is 43.0 Å². The lowest BCUT2D eigenvalue weighted by atomic mass is 10.0. The minimum Gasteiger partial charge on any atom is -0.232 e. The van der Waals surface area contributed by atoms with E-state index >= 15 is 0 Å². The van der Waals surface area contributed by atoms with Crippen LogP contribution in [0.4, 0.5) is 0 Å². The summed E-state index contributed by atoms with van der Waals surface area (Å²) in [5.41, 5.74) is 4.51. The largest absolute Gasteiger partial charge is 0.232 e. The molecule has 0 N–H and O–H groups in total. The van der Waals surface area contributed by atoms with E-state index in [1.165, 1.54) is 11.1 Å². The molecule has 1 heteroatoms. The zero-order valence-corrected chi connectivity index (χ0v) is 7.27. The Morgan fingerprint density at radius 2 is 1.55 bits per heavy atom. The SMILES string of the molecule is Cc1cc(C)c(C[O])cc1C. The average Bonchev–Trinajstić information content (AvgIpc) is 1.97. The lowest BCUT2D eigenvalue weighted by Crippen LogP contribution is -1.91. The van der Waals surface area contributed by atoms with E-state index < -0.39 is 0 Å². The van der Waals surface area contributed by atoms with Gasteiger partial charge in [-0.15, -0.1) is 0 Å². The van der Waals surface area contributed by atoms with Crippen LogP contribution >= 0.6 is 0 Å². The van der Waals surface area contributed by atoms with Gasteiger partial charge in [0.1, 0.15) is 6.61 Å². The fourth-order valence-corrected chi connectivity index (χ4v) is 1.18. The third kappa shape index (κ3) is 1.60. The number of hydrogen-bond donors (Lipinski definition) is 0. The van der Waals surface area contributed by atoms with Crippen molar-refractivity contribution in [3.8, 4) is 0 Å². The molecule has 0 aliphatic carbocycles. The van der Waals surface area contributed by atoms with E-state index in [1.54, 1.807) is 0 Å². The molecule has 59 valence electrons. The number of benzene rings is 1. The van der Waals surface area contributed by atoms with Crippen LogP contribution in [0.2, 0.25) is 0 Å². The number of aryl methyl sites for hydroxylation is 3. The number of hydrogen-bond acceptors (Lipinski definition) is 0. The lowest BCUT2D eigenvalue weighted by Gasteiger charge is -2.05. The maximum absolute atomic E-state index is 10.6. The quantitative estimate of drug-likeness (QED) is 0.584. The van der Waals surface area contributed by atoms with Crippen LogP contribution < -0.4 is 0 Å². The molecule has 0 aromatic heterocycles. The molecule has 0 spiro atoms. The minimum absolute atomic E-state index is 0.104. The first-order chi connectivity index (χ1) is 5.15. The van der Waals surface area contributed by atoms with E-state index in [4.69, 9.17) is 0 Å². The van der Waals surface area contributed by atoms with Gasteiger partial charge < -0.3 is 0 Å². The summed E-state index contributed by atoms with van der Waals surface area (Å²) in [5, 5.41) is 10.6. The van der Waals surface area contributed by atoms with Gasteiger partial charge >= 0.3 is 0 Å². The summed E-state index contributed by atoms with van der Waals surface area (Å²) in [5.74, 6) is 0. The second kappa shape index (κ2) is 3.05. The first-order valence-corrected chi connectivity index (χ1v) is 3.80. The number of rotatable bonds is 1. The van der Waals surface area contributed by atoms with E-state index in [0.29, 0.717) is 0 Å². The van der Waals surface area contributed by atoms with Crippen LogP contribution in [-0.2, 0) is 11.7 Å². The van der Waals surface area contributed by atoms with Gasteiger partial charge in [-0.3, -0.25) is 0 Å². The van der Waals surface area contributed by atoms with Gasteiger partial charge in [0.25, 0.3) is 0 Å². The molecule has 0 aliphatic rings. The molecular formula is C10H13O. The van der Waals surface area contributed by atoms with E-state index in [0.717, 1.165) is 11.1 Å². The standard InChI is InChI=1S/C10H13O/c1-7-4-9(3)10(6-11)5-8(7)2/h4-5H,6H2,1-3H3. The molecule has 0 bridgehead atoms. The lowest BCUT2D eigenvalue weighted by molar-refractivity contribution is 0.177. The van der Waals surface area contributed by atoms with Crippen LogP contribution in [-0.4, -0.2) is 0 Å². The second-order valence-electron chi connectivity index (χ2n) is 3.01. The van der Waals surface area contributed by atoms with Crippen molar-refractivity contribution >= 4 is 0 Å². The van der Waals surface area contributed by atoms with E-state index in [-0.39, 0.29) is 6.61 Å². The molecule has 0 aliphatic heterocycles. The van der Waals surface area contributed by atoms with Crippen molar-refractivity contribution in [2.24, 2.45) is 0 Å². The fourth-order valence-electron chi connectivity index (χ4n) is 1.18. The molecule has 1 rings (SSSR count). The molecule has 0 atom stereocenters. The molecule has 0 saturated carbocycles. The fraction of sp³-hybridized carbons (Fsp3) is 0.400. The molecule has 0 unspecified atom stereocenters. The zero-order chi connectivity index (χ0) is 8.43. The van der Waals surface area contributed by atoms with Crippen LogP contribution in [0.1, 0.15) is 22.3 Å². The van der Waals surface area contributed by atoms with Crippen LogP contribution in [0.25, 0.3) is 0 Å². The summed E-state index contributed by atoms with van der Waals surface area (Å²) in [6.45, 7) is 5.98. The first-order valence-electron chi connectivity index (χ1n) is 3.80. The van der Waals surface area contributed by atoms with E-state index in [2.05, 4.69) is 13.0 Å². The Bertz CT molecular complexity index is 264. The van der Waals surface area contributed by atoms with Gasteiger partial charge in [0.2, 0.25) is 0 Å². The predicted molar refractivity (Wildman–Crippen MR) is 45.0 cm³/mol. The van der Waals surface area contributed by atoms with Crippen molar-refractivity contribution in [2.45, 2.75) is 27.4 Å². The zero-order valence-electron chi connectivity index (χ0n) is 7.27. The molecule has 1 aromatic carbocycles. The Kier molecular flexibility index (Phi) is 2.30. The van der Waals surface area contributed by atoms with Gasteiger partial charge in [-0.1, -0.05) is 12.1 Å². The maximum atomic E-state index is 10.6. The highest BCUT2D eigenvalue weighted by atomic mass is 16.3. The van der Waals surface area contributed by atoms with Gasteiger partial charge in [0.15, 0.2) is 0 Å². The summed E-state index contributed by atoms with van der Waals surface area (Å²) < 4.78 is 0. The van der Waals surface area contributed by atoms with E-state index in [1.807, 2.05) is 19.9 Å². The monoisotopic (exact) mass is 149 g/mol. The predicted octanol–water partition coefficient (Wildman–Crippen LogP) is 2.54. The Labute approximate surface area is 67.7 Å². The van der Waals surface area contributed by atoms with Crippen molar-refractivity contribution in [2.75, 3.05) is 0 Å². The van der Waals surface area contributed by atoms with Gasteiger partial charge in [-0.2, -0.15) is 0 Å². The summed E-state index contributed by atoms with van der Waals surface area (Å²) in [6, 6.07) is 4.06. The van der Waals surface area contributed by atoms with Gasteiger partial charge in [-0.25, -0.2) is 5.11 Å². The van der Waals surface area contributed by atoms with E-state index in [9.17, 15) is 5.11 Å². The van der Waals surface area contributed by atoms with Crippen LogP contribution in [0.5, 0.6) is 0 Å². The molecule has 0 heterocycles. The third-order valence-electron chi connectivity index (χ3n) is 2.11. The second-order valence-corrected chi connectivity index (χ2v) is 3.01. The normalized spacial score (nSPS) is 10.2. The Balaban J connectivity index is 3.21. The molecule has 1 nitrogen and oxygen atoms in total. The molecular weight excluding hydrogens is 136 g/mol. The van der Waals surface area contributed by atoms with Crippen molar-refractivity contribution < 1.29 is 5.11 Å².